The molecule has 1 aromatic carbocycles. The molecule has 0 aliphatic carbocycles. The summed E-state index contributed by atoms with van der Waals surface area (Å²) in [5, 5.41) is 4.69. The minimum Gasteiger partial charge on any atom is -0.466 e. The van der Waals surface area contributed by atoms with Gasteiger partial charge in [-0.15, -0.1) is 0 Å². The van der Waals surface area contributed by atoms with E-state index >= 15 is 0 Å². The molecule has 1 unspecified atom stereocenters. The molecule has 2 rings (SSSR count). The number of esters is 1. The highest BCUT2D eigenvalue weighted by Gasteiger charge is 2.12. The van der Waals surface area contributed by atoms with Crippen molar-refractivity contribution in [3.05, 3.63) is 29.5 Å². The van der Waals surface area contributed by atoms with E-state index in [9.17, 15) is 4.79 Å². The molecule has 0 aliphatic rings. The van der Waals surface area contributed by atoms with Crippen LogP contribution >= 0.6 is 11.6 Å². The molecule has 1 atom stereocenters. The van der Waals surface area contributed by atoms with E-state index in [1.54, 1.807) is 19.1 Å². The van der Waals surface area contributed by atoms with E-state index in [2.05, 4.69) is 15.3 Å². The molecule has 1 N–H and O–H groups in total. The van der Waals surface area contributed by atoms with Crippen molar-refractivity contribution >= 4 is 34.3 Å². The average Bonchev–Trinajstić information content (AvgIpc) is 2.38. The van der Waals surface area contributed by atoms with Crippen LogP contribution in [0.2, 0.25) is 5.02 Å². The number of hydrogen-bond donors (Lipinski definition) is 1. The number of carbonyl (C=O) groups excluding carboxylic acids is 1. The molecule has 1 aromatic heterocycles. The Morgan fingerprint density at radius 1 is 1.45 bits per heavy atom. The number of carbonyl (C=O) groups is 1. The third-order valence-electron chi connectivity index (χ3n) is 2.76. The maximum absolute atomic E-state index is 11.4. The van der Waals surface area contributed by atoms with E-state index in [1.807, 2.05) is 13.0 Å². The molecule has 5 nitrogen and oxygen atoms in total. The van der Waals surface area contributed by atoms with E-state index < -0.39 is 0 Å². The number of ether oxygens (including phenoxy) is 1. The molecule has 0 bridgehead atoms. The van der Waals surface area contributed by atoms with E-state index in [1.165, 1.54) is 6.33 Å². The van der Waals surface area contributed by atoms with E-state index in [-0.39, 0.29) is 18.4 Å². The average molecular weight is 294 g/mol. The number of nitrogens with one attached hydrogen (secondary N) is 1. The number of nitrogens with zero attached hydrogens (tertiary/aromatic N) is 2. The highest BCUT2D eigenvalue weighted by molar-refractivity contribution is 6.31. The second-order valence-electron chi connectivity index (χ2n) is 4.44. The SMILES string of the molecule is CCOC(=O)CC(C)Nc1ncnc2cc(Cl)ccc12. The number of halogens is 1. The third kappa shape index (κ3) is 3.57. The van der Waals surface area contributed by atoms with Crippen molar-refractivity contribution < 1.29 is 9.53 Å². The summed E-state index contributed by atoms with van der Waals surface area (Å²) >= 11 is 5.94. The molecule has 1 heterocycles. The molecule has 0 spiro atoms. The van der Waals surface area contributed by atoms with Gasteiger partial charge in [-0.25, -0.2) is 9.97 Å². The Labute approximate surface area is 122 Å². The van der Waals surface area contributed by atoms with Gasteiger partial charge < -0.3 is 10.1 Å². The largest absolute Gasteiger partial charge is 0.466 e. The Hall–Kier alpha value is -1.88. The standard InChI is InChI=1S/C14H16ClN3O2/c1-3-20-13(19)6-9(2)18-14-11-5-4-10(15)7-12(11)16-8-17-14/h4-5,7-9H,3,6H2,1-2H3,(H,16,17,18). The lowest BCUT2D eigenvalue weighted by molar-refractivity contribution is -0.143. The Morgan fingerprint density at radius 2 is 2.25 bits per heavy atom. The third-order valence-corrected chi connectivity index (χ3v) is 2.99. The zero-order valence-electron chi connectivity index (χ0n) is 11.4. The van der Waals surface area contributed by atoms with Crippen LogP contribution < -0.4 is 5.32 Å². The van der Waals surface area contributed by atoms with Gasteiger partial charge in [-0.3, -0.25) is 4.79 Å². The summed E-state index contributed by atoms with van der Waals surface area (Å²) in [5.41, 5.74) is 0.762. The van der Waals surface area contributed by atoms with Crippen molar-refractivity contribution in [1.29, 1.82) is 0 Å². The Balaban J connectivity index is 2.15. The molecule has 6 heteroatoms. The van der Waals surface area contributed by atoms with Crippen LogP contribution in [0.4, 0.5) is 5.82 Å². The molecule has 0 radical (unpaired) electrons. The molecule has 0 amide bonds. The summed E-state index contributed by atoms with van der Waals surface area (Å²) in [4.78, 5) is 19.8. The fraction of sp³-hybridized carbons (Fsp3) is 0.357. The number of fused-ring (bicyclic) bond motifs is 1. The monoisotopic (exact) mass is 293 g/mol. The zero-order chi connectivity index (χ0) is 14.5. The van der Waals surface area contributed by atoms with Crippen molar-refractivity contribution in [3.8, 4) is 0 Å². The molecule has 20 heavy (non-hydrogen) atoms. The van der Waals surface area contributed by atoms with Crippen LogP contribution in [0, 0.1) is 0 Å². The number of rotatable bonds is 5. The molecular formula is C14H16ClN3O2. The summed E-state index contributed by atoms with van der Waals surface area (Å²) in [5.74, 6) is 0.456. The van der Waals surface area contributed by atoms with Gasteiger partial charge >= 0.3 is 5.97 Å². The lowest BCUT2D eigenvalue weighted by Crippen LogP contribution is -2.21. The van der Waals surface area contributed by atoms with Gasteiger partial charge in [0.05, 0.1) is 18.5 Å². The maximum Gasteiger partial charge on any atom is 0.307 e. The molecule has 2 aromatic rings. The highest BCUT2D eigenvalue weighted by Crippen LogP contribution is 2.23. The van der Waals surface area contributed by atoms with Crippen molar-refractivity contribution in [2.24, 2.45) is 0 Å². The van der Waals surface area contributed by atoms with Crippen LogP contribution in [-0.4, -0.2) is 28.6 Å². The normalized spacial score (nSPS) is 12.2. The summed E-state index contributed by atoms with van der Waals surface area (Å²) in [7, 11) is 0. The van der Waals surface area contributed by atoms with Gasteiger partial charge in [-0.05, 0) is 32.0 Å². The maximum atomic E-state index is 11.4. The second kappa shape index (κ2) is 6.52. The Bertz CT molecular complexity index is 618. The van der Waals surface area contributed by atoms with Gasteiger partial charge in [0.25, 0.3) is 0 Å². The first-order valence-corrected chi connectivity index (χ1v) is 6.80. The summed E-state index contributed by atoms with van der Waals surface area (Å²) in [6, 6.07) is 5.34. The van der Waals surface area contributed by atoms with E-state index in [4.69, 9.17) is 16.3 Å². The summed E-state index contributed by atoms with van der Waals surface area (Å²) in [6.45, 7) is 4.08. The van der Waals surface area contributed by atoms with Crippen LogP contribution in [0.1, 0.15) is 20.3 Å². The Kier molecular flexibility index (Phi) is 4.74. The lowest BCUT2D eigenvalue weighted by atomic mass is 10.2. The molecule has 106 valence electrons. The van der Waals surface area contributed by atoms with Gasteiger partial charge in [0, 0.05) is 16.5 Å². The van der Waals surface area contributed by atoms with Crippen LogP contribution in [-0.2, 0) is 9.53 Å². The summed E-state index contributed by atoms with van der Waals surface area (Å²) in [6.07, 6.45) is 1.75. The van der Waals surface area contributed by atoms with Crippen LogP contribution in [0.5, 0.6) is 0 Å². The van der Waals surface area contributed by atoms with Crippen molar-refractivity contribution in [1.82, 2.24) is 9.97 Å². The van der Waals surface area contributed by atoms with Gasteiger partial charge in [0.15, 0.2) is 0 Å². The highest BCUT2D eigenvalue weighted by atomic mass is 35.5. The number of aromatic nitrogens is 2. The number of anilines is 1. The fourth-order valence-electron chi connectivity index (χ4n) is 1.90. The topological polar surface area (TPSA) is 64.1 Å². The predicted octanol–water partition coefficient (Wildman–Crippen LogP) is 3.04. The van der Waals surface area contributed by atoms with Crippen molar-refractivity contribution in [3.63, 3.8) is 0 Å². The quantitative estimate of drug-likeness (QED) is 0.859. The first kappa shape index (κ1) is 14.5. The zero-order valence-corrected chi connectivity index (χ0v) is 12.1. The van der Waals surface area contributed by atoms with Gasteiger partial charge in [-0.2, -0.15) is 0 Å². The van der Waals surface area contributed by atoms with Crippen LogP contribution in [0.25, 0.3) is 10.9 Å². The molecule has 0 saturated carbocycles. The minimum atomic E-state index is -0.228. The summed E-state index contributed by atoms with van der Waals surface area (Å²) < 4.78 is 4.92. The fourth-order valence-corrected chi connectivity index (χ4v) is 2.07. The first-order valence-electron chi connectivity index (χ1n) is 6.42. The van der Waals surface area contributed by atoms with E-state index in [0.717, 1.165) is 10.9 Å². The predicted molar refractivity (Wildman–Crippen MR) is 78.9 cm³/mol. The smallest absolute Gasteiger partial charge is 0.307 e. The van der Waals surface area contributed by atoms with Gasteiger partial charge in [-0.1, -0.05) is 11.6 Å². The second-order valence-corrected chi connectivity index (χ2v) is 4.87. The first-order chi connectivity index (χ1) is 9.60. The lowest BCUT2D eigenvalue weighted by Gasteiger charge is -2.15. The number of benzene rings is 1. The van der Waals surface area contributed by atoms with Crippen molar-refractivity contribution in [2.45, 2.75) is 26.3 Å². The number of hydrogen-bond acceptors (Lipinski definition) is 5. The Morgan fingerprint density at radius 3 is 3.00 bits per heavy atom. The van der Waals surface area contributed by atoms with Crippen LogP contribution in [0.3, 0.4) is 0 Å². The van der Waals surface area contributed by atoms with Gasteiger partial charge in [0.2, 0.25) is 0 Å². The van der Waals surface area contributed by atoms with E-state index in [0.29, 0.717) is 17.4 Å². The molecular weight excluding hydrogens is 278 g/mol. The van der Waals surface area contributed by atoms with Gasteiger partial charge in [0.1, 0.15) is 12.1 Å². The minimum absolute atomic E-state index is 0.0807. The van der Waals surface area contributed by atoms with Crippen LogP contribution in [0.15, 0.2) is 24.5 Å². The molecule has 0 fully saturated rings. The molecule has 0 aliphatic heterocycles. The van der Waals surface area contributed by atoms with Crippen molar-refractivity contribution in [2.75, 3.05) is 11.9 Å². The molecule has 0 saturated heterocycles.